The van der Waals surface area contributed by atoms with Gasteiger partial charge in [0.2, 0.25) is 0 Å². The SMILES string of the molecule is C[CH]CCCC#CCC. The van der Waals surface area contributed by atoms with Gasteiger partial charge in [0, 0.05) is 12.8 Å². The molecule has 0 nitrogen and oxygen atoms in total. The molecule has 0 bridgehead atoms. The Kier molecular flexibility index (Phi) is 7.19. The first-order valence-electron chi connectivity index (χ1n) is 3.65. The number of hydrogen-bond donors (Lipinski definition) is 0. The summed E-state index contributed by atoms with van der Waals surface area (Å²) < 4.78 is 0. The van der Waals surface area contributed by atoms with Gasteiger partial charge in [-0.25, -0.2) is 0 Å². The second-order valence-electron chi connectivity index (χ2n) is 2.01. The molecule has 0 N–H and O–H groups in total. The lowest BCUT2D eigenvalue weighted by molar-refractivity contribution is 0.841. The highest BCUT2D eigenvalue weighted by Crippen LogP contribution is 1.95. The predicted molar refractivity (Wildman–Crippen MR) is 41.9 cm³/mol. The van der Waals surface area contributed by atoms with Gasteiger partial charge in [-0.1, -0.05) is 13.8 Å². The molecule has 0 saturated heterocycles. The monoisotopic (exact) mass is 123 g/mol. The highest BCUT2D eigenvalue weighted by atomic mass is 13.8. The minimum absolute atomic E-state index is 0.996. The molecule has 0 aromatic carbocycles. The third-order valence-electron chi connectivity index (χ3n) is 1.10. The van der Waals surface area contributed by atoms with Crippen molar-refractivity contribution >= 4 is 0 Å². The summed E-state index contributed by atoms with van der Waals surface area (Å²) in [5, 5.41) is 0. The van der Waals surface area contributed by atoms with Crippen LogP contribution >= 0.6 is 0 Å². The average molecular weight is 123 g/mol. The van der Waals surface area contributed by atoms with E-state index in [1.165, 1.54) is 12.8 Å². The summed E-state index contributed by atoms with van der Waals surface area (Å²) in [6.07, 6.45) is 6.68. The summed E-state index contributed by atoms with van der Waals surface area (Å²) in [5.41, 5.74) is 0. The molecule has 1 radical (unpaired) electrons. The van der Waals surface area contributed by atoms with Gasteiger partial charge < -0.3 is 0 Å². The Bertz CT molecular complexity index is 92.3. The molecule has 0 amide bonds. The highest BCUT2D eigenvalue weighted by Gasteiger charge is 1.79. The first-order chi connectivity index (χ1) is 4.41. The van der Waals surface area contributed by atoms with E-state index >= 15 is 0 Å². The molecule has 0 unspecified atom stereocenters. The van der Waals surface area contributed by atoms with Crippen molar-refractivity contribution in [1.29, 1.82) is 0 Å². The van der Waals surface area contributed by atoms with Crippen LogP contribution in [0.2, 0.25) is 0 Å². The van der Waals surface area contributed by atoms with E-state index in [4.69, 9.17) is 0 Å². The fourth-order valence-corrected chi connectivity index (χ4v) is 0.608. The van der Waals surface area contributed by atoms with Gasteiger partial charge in [0.05, 0.1) is 0 Å². The number of unbranched alkanes of at least 4 members (excludes halogenated alkanes) is 3. The molecule has 0 aromatic heterocycles. The van der Waals surface area contributed by atoms with Crippen LogP contribution in [0.1, 0.15) is 39.5 Å². The zero-order valence-electron chi connectivity index (χ0n) is 6.41. The van der Waals surface area contributed by atoms with Crippen molar-refractivity contribution in [2.75, 3.05) is 0 Å². The summed E-state index contributed by atoms with van der Waals surface area (Å²) in [5.74, 6) is 6.14. The molecule has 0 aliphatic carbocycles. The lowest BCUT2D eigenvalue weighted by Gasteiger charge is -1.86. The van der Waals surface area contributed by atoms with Gasteiger partial charge in [-0.15, -0.1) is 11.8 Å². The molecule has 0 heterocycles. The molecule has 0 saturated carbocycles. The molecular weight excluding hydrogens is 108 g/mol. The maximum Gasteiger partial charge on any atom is 0.00887 e. The zero-order valence-corrected chi connectivity index (χ0v) is 6.41. The first kappa shape index (κ1) is 8.56. The van der Waals surface area contributed by atoms with E-state index in [2.05, 4.69) is 32.1 Å². The van der Waals surface area contributed by atoms with E-state index in [0.717, 1.165) is 12.8 Å². The molecule has 51 valence electrons. The maximum atomic E-state index is 3.10. The number of hydrogen-bond acceptors (Lipinski definition) is 0. The normalized spacial score (nSPS) is 8.22. The minimum atomic E-state index is 0.996. The van der Waals surface area contributed by atoms with Crippen LogP contribution in [-0.4, -0.2) is 0 Å². The zero-order chi connectivity index (χ0) is 6.95. The second-order valence-corrected chi connectivity index (χ2v) is 2.01. The lowest BCUT2D eigenvalue weighted by atomic mass is 10.2. The quantitative estimate of drug-likeness (QED) is 0.400. The smallest absolute Gasteiger partial charge is 0.00887 e. The van der Waals surface area contributed by atoms with Gasteiger partial charge in [0.25, 0.3) is 0 Å². The molecule has 0 spiro atoms. The Balaban J connectivity index is 2.90. The van der Waals surface area contributed by atoms with Crippen molar-refractivity contribution in [2.45, 2.75) is 39.5 Å². The van der Waals surface area contributed by atoms with Crippen molar-refractivity contribution in [3.05, 3.63) is 6.42 Å². The summed E-state index contributed by atoms with van der Waals surface area (Å²) in [6.45, 7) is 4.17. The van der Waals surface area contributed by atoms with Gasteiger partial charge in [-0.3, -0.25) is 0 Å². The number of rotatable bonds is 3. The standard InChI is InChI=1S/C9H15/c1-3-5-7-9-8-6-4-2/h3H,4-5,7,9H2,1-2H3. The molecular formula is C9H15. The van der Waals surface area contributed by atoms with E-state index in [1.807, 2.05) is 0 Å². The van der Waals surface area contributed by atoms with Crippen molar-refractivity contribution in [1.82, 2.24) is 0 Å². The van der Waals surface area contributed by atoms with Crippen molar-refractivity contribution < 1.29 is 0 Å². The van der Waals surface area contributed by atoms with Crippen LogP contribution in [0.25, 0.3) is 0 Å². The summed E-state index contributed by atoms with van der Waals surface area (Å²) in [7, 11) is 0. The Hall–Kier alpha value is -0.440. The van der Waals surface area contributed by atoms with Gasteiger partial charge >= 0.3 is 0 Å². The van der Waals surface area contributed by atoms with E-state index < -0.39 is 0 Å². The Morgan fingerprint density at radius 1 is 1.33 bits per heavy atom. The van der Waals surface area contributed by atoms with E-state index in [0.29, 0.717) is 0 Å². The summed E-state index contributed by atoms with van der Waals surface area (Å²) in [6, 6.07) is 0. The third kappa shape index (κ3) is 7.56. The Morgan fingerprint density at radius 2 is 2.11 bits per heavy atom. The lowest BCUT2D eigenvalue weighted by Crippen LogP contribution is -1.71. The van der Waals surface area contributed by atoms with E-state index in [9.17, 15) is 0 Å². The summed E-state index contributed by atoms with van der Waals surface area (Å²) in [4.78, 5) is 0. The predicted octanol–water partition coefficient (Wildman–Crippen LogP) is 2.79. The summed E-state index contributed by atoms with van der Waals surface area (Å²) >= 11 is 0. The van der Waals surface area contributed by atoms with Crippen LogP contribution in [0.4, 0.5) is 0 Å². The third-order valence-corrected chi connectivity index (χ3v) is 1.10. The van der Waals surface area contributed by atoms with E-state index in [-0.39, 0.29) is 0 Å². The van der Waals surface area contributed by atoms with Gasteiger partial charge in [-0.2, -0.15) is 0 Å². The Labute approximate surface area is 58.7 Å². The van der Waals surface area contributed by atoms with Crippen molar-refractivity contribution in [2.24, 2.45) is 0 Å². The van der Waals surface area contributed by atoms with Crippen LogP contribution in [0, 0.1) is 18.3 Å². The minimum Gasteiger partial charge on any atom is -0.104 e. The first-order valence-corrected chi connectivity index (χ1v) is 3.65. The van der Waals surface area contributed by atoms with Crippen molar-refractivity contribution in [3.63, 3.8) is 0 Å². The molecule has 0 aliphatic rings. The topological polar surface area (TPSA) is 0 Å². The Morgan fingerprint density at radius 3 is 2.67 bits per heavy atom. The van der Waals surface area contributed by atoms with Gasteiger partial charge in [0.1, 0.15) is 0 Å². The fraction of sp³-hybridized carbons (Fsp3) is 0.667. The molecule has 0 atom stereocenters. The van der Waals surface area contributed by atoms with Crippen LogP contribution < -0.4 is 0 Å². The van der Waals surface area contributed by atoms with Gasteiger partial charge in [-0.05, 0) is 19.3 Å². The van der Waals surface area contributed by atoms with Crippen molar-refractivity contribution in [3.8, 4) is 11.8 Å². The molecule has 9 heavy (non-hydrogen) atoms. The molecule has 0 rings (SSSR count). The van der Waals surface area contributed by atoms with Crippen LogP contribution in [-0.2, 0) is 0 Å². The molecule has 0 fully saturated rings. The fourth-order valence-electron chi connectivity index (χ4n) is 0.608. The van der Waals surface area contributed by atoms with E-state index in [1.54, 1.807) is 0 Å². The molecule has 0 aliphatic heterocycles. The average Bonchev–Trinajstić information content (AvgIpc) is 1.89. The van der Waals surface area contributed by atoms with Crippen LogP contribution in [0.3, 0.4) is 0 Å². The largest absolute Gasteiger partial charge is 0.104 e. The second kappa shape index (κ2) is 7.56. The van der Waals surface area contributed by atoms with Crippen LogP contribution in [0.5, 0.6) is 0 Å². The maximum absolute atomic E-state index is 3.10. The molecule has 0 aromatic rings. The highest BCUT2D eigenvalue weighted by molar-refractivity contribution is 4.97. The van der Waals surface area contributed by atoms with Gasteiger partial charge in [0.15, 0.2) is 0 Å². The molecule has 0 heteroatoms. The van der Waals surface area contributed by atoms with Crippen LogP contribution in [0.15, 0.2) is 0 Å².